The number of ether oxygens (including phenoxy) is 1. The summed E-state index contributed by atoms with van der Waals surface area (Å²) >= 11 is 0. The van der Waals surface area contributed by atoms with E-state index in [1.54, 1.807) is 0 Å². The molecule has 0 bridgehead atoms. The molecule has 2 atom stereocenters. The Balaban J connectivity index is 1.76. The second kappa shape index (κ2) is 6.36. The van der Waals surface area contributed by atoms with Crippen molar-refractivity contribution in [3.8, 4) is 0 Å². The summed E-state index contributed by atoms with van der Waals surface area (Å²) in [6.45, 7) is 6.24. The minimum atomic E-state index is 0.299. The summed E-state index contributed by atoms with van der Waals surface area (Å²) in [4.78, 5) is 14.0. The van der Waals surface area contributed by atoms with E-state index in [0.29, 0.717) is 37.5 Å². The zero-order valence-corrected chi connectivity index (χ0v) is 10.8. The van der Waals surface area contributed by atoms with Crippen molar-refractivity contribution in [3.05, 3.63) is 0 Å². The van der Waals surface area contributed by atoms with Gasteiger partial charge in [0.1, 0.15) is 0 Å². The van der Waals surface area contributed by atoms with Gasteiger partial charge in [0, 0.05) is 25.6 Å². The molecule has 4 nitrogen and oxygen atoms in total. The second-order valence-corrected chi connectivity index (χ2v) is 5.23. The molecule has 2 rings (SSSR count). The predicted octanol–water partition coefficient (Wildman–Crippen LogP) is 1.01. The Hall–Kier alpha value is -0.610. The third-order valence-corrected chi connectivity index (χ3v) is 3.90. The molecular weight excluding hydrogens is 216 g/mol. The number of hydrogen-bond acceptors (Lipinski definition) is 3. The third kappa shape index (κ3) is 3.68. The van der Waals surface area contributed by atoms with Crippen LogP contribution in [-0.2, 0) is 9.53 Å². The summed E-state index contributed by atoms with van der Waals surface area (Å²) in [6, 6.07) is 0.536. The predicted molar refractivity (Wildman–Crippen MR) is 66.8 cm³/mol. The number of nitrogens with zero attached hydrogens (tertiary/aromatic N) is 1. The van der Waals surface area contributed by atoms with Crippen LogP contribution < -0.4 is 5.32 Å². The highest BCUT2D eigenvalue weighted by Gasteiger charge is 2.24. The largest absolute Gasteiger partial charge is 0.378 e. The van der Waals surface area contributed by atoms with Crippen molar-refractivity contribution in [2.75, 3.05) is 32.8 Å². The molecule has 0 aromatic carbocycles. The van der Waals surface area contributed by atoms with Gasteiger partial charge in [0.25, 0.3) is 0 Å². The minimum Gasteiger partial charge on any atom is -0.378 e. The quantitative estimate of drug-likeness (QED) is 0.800. The molecule has 1 amide bonds. The average molecular weight is 240 g/mol. The first-order valence-electron chi connectivity index (χ1n) is 6.86. The monoisotopic (exact) mass is 240 g/mol. The number of amides is 1. The second-order valence-electron chi connectivity index (χ2n) is 5.23. The number of morpholine rings is 1. The molecule has 2 aliphatic heterocycles. The van der Waals surface area contributed by atoms with Gasteiger partial charge in [-0.25, -0.2) is 0 Å². The number of rotatable bonds is 3. The van der Waals surface area contributed by atoms with Crippen LogP contribution in [0.25, 0.3) is 0 Å². The molecule has 0 unspecified atom stereocenters. The van der Waals surface area contributed by atoms with Gasteiger partial charge in [-0.3, -0.25) is 4.79 Å². The van der Waals surface area contributed by atoms with Crippen LogP contribution in [0.5, 0.6) is 0 Å². The molecule has 1 N–H and O–H groups in total. The summed E-state index contributed by atoms with van der Waals surface area (Å²) in [5.74, 6) is 0.749. The Morgan fingerprint density at radius 1 is 1.41 bits per heavy atom. The van der Waals surface area contributed by atoms with Gasteiger partial charge in [0.2, 0.25) is 5.91 Å². The van der Waals surface area contributed by atoms with Gasteiger partial charge in [-0.15, -0.1) is 0 Å². The molecule has 0 aromatic rings. The Labute approximate surface area is 104 Å². The summed E-state index contributed by atoms with van der Waals surface area (Å²) in [6.07, 6.45) is 4.48. The fourth-order valence-electron chi connectivity index (χ4n) is 2.72. The van der Waals surface area contributed by atoms with Crippen LogP contribution in [0.4, 0.5) is 0 Å². The van der Waals surface area contributed by atoms with E-state index in [0.717, 1.165) is 19.6 Å². The maximum Gasteiger partial charge on any atom is 0.223 e. The number of piperidine rings is 1. The zero-order chi connectivity index (χ0) is 12.1. The van der Waals surface area contributed by atoms with Gasteiger partial charge in [0.05, 0.1) is 13.2 Å². The first-order valence-corrected chi connectivity index (χ1v) is 6.86. The molecule has 0 spiro atoms. The molecule has 2 fully saturated rings. The van der Waals surface area contributed by atoms with E-state index in [1.807, 2.05) is 4.90 Å². The van der Waals surface area contributed by atoms with Crippen molar-refractivity contribution >= 4 is 5.91 Å². The van der Waals surface area contributed by atoms with Crippen LogP contribution in [0.3, 0.4) is 0 Å². The van der Waals surface area contributed by atoms with Gasteiger partial charge < -0.3 is 15.0 Å². The van der Waals surface area contributed by atoms with Gasteiger partial charge in [-0.2, -0.15) is 0 Å². The van der Waals surface area contributed by atoms with Gasteiger partial charge >= 0.3 is 0 Å². The molecule has 0 aromatic heterocycles. The zero-order valence-electron chi connectivity index (χ0n) is 10.8. The number of carbonyl (C=O) groups is 1. The molecule has 2 aliphatic rings. The smallest absolute Gasteiger partial charge is 0.223 e. The molecule has 0 saturated carbocycles. The van der Waals surface area contributed by atoms with Crippen molar-refractivity contribution in [2.24, 2.45) is 5.92 Å². The fourth-order valence-corrected chi connectivity index (χ4v) is 2.72. The first-order chi connectivity index (χ1) is 8.27. The van der Waals surface area contributed by atoms with Crippen LogP contribution in [0.15, 0.2) is 0 Å². The Morgan fingerprint density at radius 2 is 2.18 bits per heavy atom. The van der Waals surface area contributed by atoms with Crippen LogP contribution in [-0.4, -0.2) is 49.7 Å². The van der Waals surface area contributed by atoms with Gasteiger partial charge in [-0.1, -0.05) is 13.3 Å². The molecule has 2 heterocycles. The third-order valence-electron chi connectivity index (χ3n) is 3.90. The van der Waals surface area contributed by atoms with Gasteiger partial charge in [-0.05, 0) is 25.3 Å². The van der Waals surface area contributed by atoms with E-state index < -0.39 is 0 Å². The highest BCUT2D eigenvalue weighted by atomic mass is 16.5. The van der Waals surface area contributed by atoms with Crippen molar-refractivity contribution in [1.82, 2.24) is 10.2 Å². The Kier molecular flexibility index (Phi) is 4.80. The van der Waals surface area contributed by atoms with Crippen molar-refractivity contribution in [2.45, 2.75) is 38.6 Å². The van der Waals surface area contributed by atoms with Crippen molar-refractivity contribution < 1.29 is 9.53 Å². The number of hydrogen-bond donors (Lipinski definition) is 1. The molecular formula is C13H24N2O2. The Morgan fingerprint density at radius 3 is 2.82 bits per heavy atom. The van der Waals surface area contributed by atoms with Crippen LogP contribution in [0.1, 0.15) is 32.6 Å². The summed E-state index contributed by atoms with van der Waals surface area (Å²) in [5.41, 5.74) is 0. The summed E-state index contributed by atoms with van der Waals surface area (Å²) in [5, 5.41) is 3.53. The van der Waals surface area contributed by atoms with Crippen LogP contribution in [0.2, 0.25) is 0 Å². The van der Waals surface area contributed by atoms with Crippen molar-refractivity contribution in [1.29, 1.82) is 0 Å². The lowest BCUT2D eigenvalue weighted by molar-refractivity contribution is -0.136. The van der Waals surface area contributed by atoms with Gasteiger partial charge in [0.15, 0.2) is 0 Å². The highest BCUT2D eigenvalue weighted by Crippen LogP contribution is 2.19. The highest BCUT2D eigenvalue weighted by molar-refractivity contribution is 5.76. The van der Waals surface area contributed by atoms with E-state index >= 15 is 0 Å². The summed E-state index contributed by atoms with van der Waals surface area (Å²) in [7, 11) is 0. The molecule has 98 valence electrons. The van der Waals surface area contributed by atoms with E-state index in [-0.39, 0.29) is 0 Å². The van der Waals surface area contributed by atoms with E-state index in [4.69, 9.17) is 4.74 Å². The van der Waals surface area contributed by atoms with E-state index in [1.165, 1.54) is 19.3 Å². The van der Waals surface area contributed by atoms with Crippen LogP contribution in [0, 0.1) is 5.92 Å². The Bertz CT molecular complexity index is 246. The fraction of sp³-hybridized carbons (Fsp3) is 0.923. The lowest BCUT2D eigenvalue weighted by Crippen LogP contribution is -2.44. The van der Waals surface area contributed by atoms with Crippen LogP contribution >= 0.6 is 0 Å². The molecule has 4 heteroatoms. The lowest BCUT2D eigenvalue weighted by Gasteiger charge is -2.32. The SMILES string of the molecule is C[C@@H](CC(=O)N1CCOCC1)[C@@H]1CCCCN1. The lowest BCUT2D eigenvalue weighted by atomic mass is 9.91. The standard InChI is InChI=1S/C13H24N2O2/c1-11(12-4-2-3-5-14-12)10-13(16)15-6-8-17-9-7-15/h11-12,14H,2-10H2,1H3/t11-,12-/m0/s1. The number of carbonyl (C=O) groups excluding carboxylic acids is 1. The molecule has 0 radical (unpaired) electrons. The van der Waals surface area contributed by atoms with E-state index in [9.17, 15) is 4.79 Å². The minimum absolute atomic E-state index is 0.299. The van der Waals surface area contributed by atoms with E-state index in [2.05, 4.69) is 12.2 Å². The topological polar surface area (TPSA) is 41.6 Å². The maximum absolute atomic E-state index is 12.1. The maximum atomic E-state index is 12.1. The normalized spacial score (nSPS) is 27.8. The molecule has 0 aliphatic carbocycles. The van der Waals surface area contributed by atoms with Crippen molar-refractivity contribution in [3.63, 3.8) is 0 Å². The average Bonchev–Trinajstić information content (AvgIpc) is 2.40. The molecule has 2 saturated heterocycles. The first kappa shape index (κ1) is 12.8. The molecule has 17 heavy (non-hydrogen) atoms. The summed E-state index contributed by atoms with van der Waals surface area (Å²) < 4.78 is 5.26. The number of nitrogens with one attached hydrogen (secondary N) is 1.